The van der Waals surface area contributed by atoms with E-state index in [0.717, 1.165) is 50.8 Å². The number of ether oxygens (including phenoxy) is 1. The van der Waals surface area contributed by atoms with Crippen molar-refractivity contribution in [1.82, 2.24) is 4.90 Å². The van der Waals surface area contributed by atoms with Gasteiger partial charge in [-0.05, 0) is 42.9 Å². The maximum Gasteiger partial charge on any atom is 0.122 e. The van der Waals surface area contributed by atoms with Gasteiger partial charge in [-0.25, -0.2) is 0 Å². The van der Waals surface area contributed by atoms with Crippen LogP contribution in [-0.2, 0) is 12.8 Å². The molecular formula is C17H25NO2. The number of aliphatic hydroxyl groups excluding tert-OH is 1. The summed E-state index contributed by atoms with van der Waals surface area (Å²) in [5, 5.41) is 9.04. The summed E-state index contributed by atoms with van der Waals surface area (Å²) in [4.78, 5) is 2.57. The lowest BCUT2D eigenvalue weighted by atomic mass is 9.91. The fourth-order valence-electron chi connectivity index (χ4n) is 3.17. The minimum absolute atomic E-state index is 0.305. The van der Waals surface area contributed by atoms with Gasteiger partial charge in [-0.3, -0.25) is 4.90 Å². The first-order chi connectivity index (χ1) is 9.86. The highest BCUT2D eigenvalue weighted by atomic mass is 16.5. The lowest BCUT2D eigenvalue weighted by Crippen LogP contribution is -2.42. The molecule has 110 valence electrons. The molecule has 0 aromatic heterocycles. The van der Waals surface area contributed by atoms with Crippen molar-refractivity contribution in [3.63, 3.8) is 0 Å². The molecule has 1 aromatic carbocycles. The van der Waals surface area contributed by atoms with Crippen molar-refractivity contribution in [2.75, 3.05) is 26.3 Å². The van der Waals surface area contributed by atoms with Crippen molar-refractivity contribution in [1.29, 1.82) is 0 Å². The van der Waals surface area contributed by atoms with E-state index in [1.54, 1.807) is 0 Å². The molecule has 0 saturated heterocycles. The molecule has 0 bridgehead atoms. The van der Waals surface area contributed by atoms with E-state index in [2.05, 4.69) is 23.1 Å². The summed E-state index contributed by atoms with van der Waals surface area (Å²) in [5.74, 6) is 1.07. The molecule has 0 spiro atoms. The number of fused-ring (bicyclic) bond motifs is 1. The monoisotopic (exact) mass is 275 g/mol. The standard InChI is InChI=1S/C17H25NO2/c19-11-2-9-18(16-3-1-4-16)10-7-14-5-6-17-15(13-14)8-12-20-17/h5-6,13,16,19H,1-4,7-12H2. The minimum atomic E-state index is 0.305. The van der Waals surface area contributed by atoms with Crippen LogP contribution >= 0.6 is 0 Å². The molecule has 1 aliphatic carbocycles. The van der Waals surface area contributed by atoms with Gasteiger partial charge in [0.2, 0.25) is 0 Å². The minimum Gasteiger partial charge on any atom is -0.493 e. The smallest absolute Gasteiger partial charge is 0.122 e. The van der Waals surface area contributed by atoms with Crippen LogP contribution < -0.4 is 4.74 Å². The zero-order valence-corrected chi connectivity index (χ0v) is 12.2. The normalized spacial score (nSPS) is 17.9. The summed E-state index contributed by atoms with van der Waals surface area (Å²) >= 11 is 0. The van der Waals surface area contributed by atoms with Crippen LogP contribution in [0.2, 0.25) is 0 Å². The second-order valence-corrected chi connectivity index (χ2v) is 5.99. The van der Waals surface area contributed by atoms with Crippen LogP contribution in [0.3, 0.4) is 0 Å². The topological polar surface area (TPSA) is 32.7 Å². The van der Waals surface area contributed by atoms with Gasteiger partial charge in [-0.2, -0.15) is 0 Å². The number of hydrogen-bond donors (Lipinski definition) is 1. The van der Waals surface area contributed by atoms with E-state index in [4.69, 9.17) is 9.84 Å². The van der Waals surface area contributed by atoms with Gasteiger partial charge in [-0.15, -0.1) is 0 Å². The molecular weight excluding hydrogens is 250 g/mol. The maximum atomic E-state index is 9.04. The Balaban J connectivity index is 1.56. The van der Waals surface area contributed by atoms with E-state index in [0.29, 0.717) is 6.61 Å². The lowest BCUT2D eigenvalue weighted by Gasteiger charge is -2.37. The highest BCUT2D eigenvalue weighted by Crippen LogP contribution is 2.27. The van der Waals surface area contributed by atoms with Crippen LogP contribution in [-0.4, -0.2) is 42.4 Å². The summed E-state index contributed by atoms with van der Waals surface area (Å²) in [6.07, 6.45) is 7.10. The number of rotatable bonds is 7. The largest absolute Gasteiger partial charge is 0.493 e. The van der Waals surface area contributed by atoms with Crippen LogP contribution in [0.1, 0.15) is 36.8 Å². The SMILES string of the molecule is OCCCN(CCc1ccc2c(c1)CCO2)C1CCC1. The van der Waals surface area contributed by atoms with Crippen LogP contribution in [0, 0.1) is 0 Å². The Labute approximate surface area is 121 Å². The van der Waals surface area contributed by atoms with Crippen molar-refractivity contribution in [3.8, 4) is 5.75 Å². The molecule has 3 nitrogen and oxygen atoms in total. The highest BCUT2D eigenvalue weighted by molar-refractivity contribution is 5.39. The summed E-state index contributed by atoms with van der Waals surface area (Å²) in [5.41, 5.74) is 2.79. The average Bonchev–Trinajstić information content (AvgIpc) is 2.87. The van der Waals surface area contributed by atoms with Crippen molar-refractivity contribution in [2.24, 2.45) is 0 Å². The van der Waals surface area contributed by atoms with Crippen LogP contribution in [0.15, 0.2) is 18.2 Å². The van der Waals surface area contributed by atoms with Gasteiger partial charge in [0.15, 0.2) is 0 Å². The molecule has 1 saturated carbocycles. The van der Waals surface area contributed by atoms with Crippen LogP contribution in [0.4, 0.5) is 0 Å². The third kappa shape index (κ3) is 3.15. The van der Waals surface area contributed by atoms with E-state index in [1.165, 1.54) is 30.4 Å². The average molecular weight is 275 g/mol. The molecule has 20 heavy (non-hydrogen) atoms. The van der Waals surface area contributed by atoms with E-state index >= 15 is 0 Å². The molecule has 1 heterocycles. The van der Waals surface area contributed by atoms with E-state index in [9.17, 15) is 0 Å². The lowest BCUT2D eigenvalue weighted by molar-refractivity contribution is 0.118. The van der Waals surface area contributed by atoms with Crippen LogP contribution in [0.5, 0.6) is 5.75 Å². The molecule has 3 heteroatoms. The molecule has 1 N–H and O–H groups in total. The Hall–Kier alpha value is -1.06. The quantitative estimate of drug-likeness (QED) is 0.829. The third-order valence-electron chi connectivity index (χ3n) is 4.64. The van der Waals surface area contributed by atoms with E-state index in [1.807, 2.05) is 0 Å². The Bertz CT molecular complexity index is 443. The maximum absolute atomic E-state index is 9.04. The highest BCUT2D eigenvalue weighted by Gasteiger charge is 2.24. The number of benzene rings is 1. The second-order valence-electron chi connectivity index (χ2n) is 5.99. The zero-order valence-electron chi connectivity index (χ0n) is 12.2. The first kappa shape index (κ1) is 13.9. The van der Waals surface area contributed by atoms with Crippen LogP contribution in [0.25, 0.3) is 0 Å². The third-order valence-corrected chi connectivity index (χ3v) is 4.64. The molecule has 1 aliphatic heterocycles. The Kier molecular flexibility index (Phi) is 4.58. The number of hydrogen-bond acceptors (Lipinski definition) is 3. The van der Waals surface area contributed by atoms with Crippen molar-refractivity contribution in [2.45, 2.75) is 44.6 Å². The molecule has 3 rings (SSSR count). The van der Waals surface area contributed by atoms with Gasteiger partial charge >= 0.3 is 0 Å². The molecule has 0 atom stereocenters. The molecule has 1 fully saturated rings. The molecule has 0 amide bonds. The Morgan fingerprint density at radius 3 is 2.90 bits per heavy atom. The summed E-state index contributed by atoms with van der Waals surface area (Å²) in [6.45, 7) is 3.29. The Morgan fingerprint density at radius 1 is 1.25 bits per heavy atom. The van der Waals surface area contributed by atoms with Gasteiger partial charge in [0.1, 0.15) is 5.75 Å². The number of aliphatic hydroxyl groups is 1. The van der Waals surface area contributed by atoms with Gasteiger partial charge in [0.05, 0.1) is 6.61 Å². The van der Waals surface area contributed by atoms with Gasteiger partial charge in [-0.1, -0.05) is 18.6 Å². The predicted molar refractivity (Wildman–Crippen MR) is 80.3 cm³/mol. The summed E-state index contributed by atoms with van der Waals surface area (Å²) in [6, 6.07) is 7.40. The molecule has 1 aromatic rings. The van der Waals surface area contributed by atoms with Crippen molar-refractivity contribution < 1.29 is 9.84 Å². The summed E-state index contributed by atoms with van der Waals surface area (Å²) < 4.78 is 5.56. The van der Waals surface area contributed by atoms with Crippen molar-refractivity contribution in [3.05, 3.63) is 29.3 Å². The molecule has 2 aliphatic rings. The fourth-order valence-corrected chi connectivity index (χ4v) is 3.17. The summed E-state index contributed by atoms with van der Waals surface area (Å²) in [7, 11) is 0. The zero-order chi connectivity index (χ0) is 13.8. The van der Waals surface area contributed by atoms with Gasteiger partial charge in [0, 0.05) is 32.2 Å². The van der Waals surface area contributed by atoms with Gasteiger partial charge < -0.3 is 9.84 Å². The Morgan fingerprint density at radius 2 is 2.15 bits per heavy atom. The van der Waals surface area contributed by atoms with E-state index in [-0.39, 0.29) is 0 Å². The van der Waals surface area contributed by atoms with Gasteiger partial charge in [0.25, 0.3) is 0 Å². The van der Waals surface area contributed by atoms with Crippen molar-refractivity contribution >= 4 is 0 Å². The fraction of sp³-hybridized carbons (Fsp3) is 0.647. The second kappa shape index (κ2) is 6.59. The first-order valence-electron chi connectivity index (χ1n) is 7.96. The molecule has 0 radical (unpaired) electrons. The molecule has 0 unspecified atom stereocenters. The van der Waals surface area contributed by atoms with E-state index < -0.39 is 0 Å². The first-order valence-corrected chi connectivity index (χ1v) is 7.96. The number of nitrogens with zero attached hydrogens (tertiary/aromatic N) is 1. The predicted octanol–water partition coefficient (Wildman–Crippen LogP) is 2.40.